The molecule has 1 aliphatic heterocycles. The highest BCUT2D eigenvalue weighted by atomic mass is 16.6. The van der Waals surface area contributed by atoms with E-state index in [4.69, 9.17) is 10.5 Å². The molecule has 0 spiro atoms. The van der Waals surface area contributed by atoms with E-state index in [2.05, 4.69) is 30.2 Å². The predicted molar refractivity (Wildman–Crippen MR) is 101 cm³/mol. The molecule has 4 aromatic rings. The lowest BCUT2D eigenvalue weighted by Crippen LogP contribution is -2.38. The maximum Gasteiger partial charge on any atom is 0.177 e. The Morgan fingerprint density at radius 3 is 2.90 bits per heavy atom. The molecule has 29 heavy (non-hydrogen) atoms. The molecule has 1 aliphatic rings. The van der Waals surface area contributed by atoms with Crippen LogP contribution in [0.3, 0.4) is 0 Å². The number of ether oxygens (including phenoxy) is 1. The average molecular weight is 397 g/mol. The van der Waals surface area contributed by atoms with E-state index in [-0.39, 0.29) is 5.82 Å². The molecule has 5 heterocycles. The number of rotatable bonds is 5. The molecule has 0 aliphatic carbocycles. The molecule has 12 nitrogen and oxygen atoms in total. The molecule has 12 heteroatoms. The Kier molecular flexibility index (Phi) is 4.32. The van der Waals surface area contributed by atoms with E-state index in [0.717, 1.165) is 5.52 Å². The molecule has 0 radical (unpaired) electrons. The van der Waals surface area contributed by atoms with Crippen LogP contribution in [0, 0.1) is 0 Å². The Balaban J connectivity index is 1.29. The van der Waals surface area contributed by atoms with E-state index in [1.165, 1.54) is 12.7 Å². The van der Waals surface area contributed by atoms with E-state index < -0.39 is 24.5 Å². The van der Waals surface area contributed by atoms with Gasteiger partial charge in [-0.05, 0) is 12.1 Å². The minimum Gasteiger partial charge on any atom is -0.387 e. The maximum atomic E-state index is 10.5. The van der Waals surface area contributed by atoms with E-state index >= 15 is 0 Å². The second-order valence-electron chi connectivity index (χ2n) is 6.80. The van der Waals surface area contributed by atoms with Gasteiger partial charge in [-0.3, -0.25) is 9.88 Å². The van der Waals surface area contributed by atoms with Gasteiger partial charge in [-0.2, -0.15) is 0 Å². The molecule has 150 valence electrons. The van der Waals surface area contributed by atoms with Crippen molar-refractivity contribution in [2.75, 3.05) is 12.3 Å². The van der Waals surface area contributed by atoms with Crippen molar-refractivity contribution in [2.45, 2.75) is 31.2 Å². The Morgan fingerprint density at radius 1 is 1.10 bits per heavy atom. The van der Waals surface area contributed by atoms with Crippen LogP contribution in [0.15, 0.2) is 37.3 Å². The van der Waals surface area contributed by atoms with Crippen LogP contribution in [-0.2, 0) is 11.4 Å². The largest absolute Gasteiger partial charge is 0.387 e. The van der Waals surface area contributed by atoms with Crippen LogP contribution in [-0.4, -0.2) is 69.1 Å². The highest BCUT2D eigenvalue weighted by Crippen LogP contribution is 2.31. The summed E-state index contributed by atoms with van der Waals surface area (Å²) in [6.45, 7) is 0.770. The van der Waals surface area contributed by atoms with Gasteiger partial charge in [-0.25, -0.2) is 24.9 Å². The van der Waals surface area contributed by atoms with Gasteiger partial charge in [0, 0.05) is 12.7 Å². The number of nitrogens with one attached hydrogen (secondary N) is 1. The number of anilines is 1. The summed E-state index contributed by atoms with van der Waals surface area (Å²) in [5, 5.41) is 24.2. The van der Waals surface area contributed by atoms with Gasteiger partial charge in [0.25, 0.3) is 0 Å². The summed E-state index contributed by atoms with van der Waals surface area (Å²) in [6.07, 6.45) is 2.48. The van der Waals surface area contributed by atoms with Crippen molar-refractivity contribution < 1.29 is 14.9 Å². The van der Waals surface area contributed by atoms with Crippen LogP contribution < -0.4 is 11.1 Å². The van der Waals surface area contributed by atoms with Crippen molar-refractivity contribution in [2.24, 2.45) is 0 Å². The molecular formula is C17H19N9O3. The summed E-state index contributed by atoms with van der Waals surface area (Å²) in [7, 11) is 0. The molecule has 4 unspecified atom stereocenters. The molecule has 0 amide bonds. The number of aliphatic hydroxyl groups is 2. The lowest BCUT2D eigenvalue weighted by molar-refractivity contribution is -0.0345. The van der Waals surface area contributed by atoms with Crippen LogP contribution >= 0.6 is 0 Å². The van der Waals surface area contributed by atoms with Gasteiger partial charge < -0.3 is 25.3 Å². The Bertz CT molecular complexity index is 1160. The molecule has 5 rings (SSSR count). The molecule has 4 atom stereocenters. The summed E-state index contributed by atoms with van der Waals surface area (Å²) >= 11 is 0. The molecule has 0 saturated carbocycles. The number of nitrogens with zero attached hydrogens (tertiary/aromatic N) is 7. The minimum absolute atomic E-state index is 0.238. The second-order valence-corrected chi connectivity index (χ2v) is 6.80. The minimum atomic E-state index is -1.14. The number of pyridine rings is 1. The standard InChI is InChI=1S/C17H19N9O3/c18-14-11-16(22-5-21-14)26(8-23-11)17-13(28)12(27)10(29-17)4-19-6-25-7-24-15-9(25)2-1-3-20-15/h1-3,5,7-8,10,12-13,17,19,27-28H,4,6H2,(H2,18,21,22). The van der Waals surface area contributed by atoms with Crippen LogP contribution in [0.1, 0.15) is 6.23 Å². The molecule has 4 aromatic heterocycles. The first kappa shape index (κ1) is 17.9. The number of hydrogen-bond acceptors (Lipinski definition) is 10. The fraction of sp³-hybridized carbons (Fsp3) is 0.353. The Labute approximate surface area is 164 Å². The Hall–Kier alpha value is -3.19. The van der Waals surface area contributed by atoms with Crippen LogP contribution in [0.4, 0.5) is 5.82 Å². The molecule has 0 aromatic carbocycles. The quantitative estimate of drug-likeness (QED) is 0.329. The summed E-state index contributed by atoms with van der Waals surface area (Å²) in [4.78, 5) is 20.7. The third-order valence-electron chi connectivity index (χ3n) is 5.02. The SMILES string of the molecule is Nc1ncnc2c1ncn2C1OC(CNCn2cnc3ncccc32)C(O)C1O. The van der Waals surface area contributed by atoms with Crippen molar-refractivity contribution in [1.82, 2.24) is 39.4 Å². The van der Waals surface area contributed by atoms with Gasteiger partial charge >= 0.3 is 0 Å². The molecular weight excluding hydrogens is 378 g/mol. The zero-order valence-electron chi connectivity index (χ0n) is 15.2. The summed E-state index contributed by atoms with van der Waals surface area (Å²) in [6, 6.07) is 3.77. The fourth-order valence-electron chi connectivity index (χ4n) is 3.54. The van der Waals surface area contributed by atoms with E-state index in [0.29, 0.717) is 30.0 Å². The van der Waals surface area contributed by atoms with Crippen molar-refractivity contribution in [3.05, 3.63) is 37.3 Å². The first-order valence-corrected chi connectivity index (χ1v) is 9.04. The topological polar surface area (TPSA) is 162 Å². The van der Waals surface area contributed by atoms with Crippen molar-refractivity contribution in [3.8, 4) is 0 Å². The third kappa shape index (κ3) is 2.98. The third-order valence-corrected chi connectivity index (χ3v) is 5.02. The number of fused-ring (bicyclic) bond motifs is 2. The summed E-state index contributed by atoms with van der Waals surface area (Å²) in [5.74, 6) is 0.238. The zero-order valence-corrected chi connectivity index (χ0v) is 15.2. The number of nitrogen functional groups attached to an aromatic ring is 1. The lowest BCUT2D eigenvalue weighted by Gasteiger charge is -2.16. The first-order valence-electron chi connectivity index (χ1n) is 9.04. The van der Waals surface area contributed by atoms with E-state index in [1.807, 2.05) is 16.7 Å². The van der Waals surface area contributed by atoms with E-state index in [1.54, 1.807) is 17.1 Å². The Morgan fingerprint density at radius 2 is 2.00 bits per heavy atom. The lowest BCUT2D eigenvalue weighted by atomic mass is 10.1. The van der Waals surface area contributed by atoms with E-state index in [9.17, 15) is 10.2 Å². The van der Waals surface area contributed by atoms with Gasteiger partial charge in [0.2, 0.25) is 0 Å². The highest BCUT2D eigenvalue weighted by Gasteiger charge is 2.44. The van der Waals surface area contributed by atoms with Gasteiger partial charge in [0.1, 0.15) is 30.2 Å². The molecule has 1 saturated heterocycles. The number of aromatic nitrogens is 7. The predicted octanol–water partition coefficient (Wildman–Crippen LogP) is -0.980. The highest BCUT2D eigenvalue weighted by molar-refractivity contribution is 5.81. The summed E-state index contributed by atoms with van der Waals surface area (Å²) < 4.78 is 9.36. The zero-order chi connectivity index (χ0) is 20.0. The van der Waals surface area contributed by atoms with Crippen molar-refractivity contribution in [3.63, 3.8) is 0 Å². The molecule has 0 bridgehead atoms. The molecule has 5 N–H and O–H groups in total. The van der Waals surface area contributed by atoms with Crippen LogP contribution in [0.25, 0.3) is 22.3 Å². The summed E-state index contributed by atoms with van der Waals surface area (Å²) in [5.41, 5.74) is 8.21. The smallest absolute Gasteiger partial charge is 0.177 e. The number of aliphatic hydroxyl groups excluding tert-OH is 2. The van der Waals surface area contributed by atoms with Crippen LogP contribution in [0.5, 0.6) is 0 Å². The first-order chi connectivity index (χ1) is 14.1. The van der Waals surface area contributed by atoms with Gasteiger partial charge in [0.05, 0.1) is 24.8 Å². The maximum absolute atomic E-state index is 10.5. The average Bonchev–Trinajstić information content (AvgIpc) is 3.41. The fourth-order valence-corrected chi connectivity index (χ4v) is 3.54. The monoisotopic (exact) mass is 397 g/mol. The van der Waals surface area contributed by atoms with Gasteiger partial charge in [-0.15, -0.1) is 0 Å². The number of imidazole rings is 2. The second kappa shape index (κ2) is 7.00. The normalized spacial score (nSPS) is 24.6. The number of nitrogens with two attached hydrogens (primary N) is 1. The van der Waals surface area contributed by atoms with Gasteiger partial charge in [0.15, 0.2) is 23.3 Å². The van der Waals surface area contributed by atoms with Crippen molar-refractivity contribution in [1.29, 1.82) is 0 Å². The molecule has 1 fully saturated rings. The van der Waals surface area contributed by atoms with Gasteiger partial charge in [-0.1, -0.05) is 0 Å². The van der Waals surface area contributed by atoms with Crippen molar-refractivity contribution >= 4 is 28.1 Å². The number of hydrogen-bond donors (Lipinski definition) is 4. The van der Waals surface area contributed by atoms with Crippen LogP contribution in [0.2, 0.25) is 0 Å².